The standard InChI is InChI=1S/C11H15N5/c1-15-6-5-13-11(15)8-16(2)10-4-3-9(12)7-14-10/h3-7H,8,12H2,1-2H3. The molecule has 2 rings (SSSR count). The van der Waals surface area contributed by atoms with E-state index in [1.54, 1.807) is 12.4 Å². The molecule has 0 bridgehead atoms. The van der Waals surface area contributed by atoms with Gasteiger partial charge in [0.05, 0.1) is 18.4 Å². The Balaban J connectivity index is 2.11. The molecule has 0 aliphatic rings. The van der Waals surface area contributed by atoms with E-state index in [2.05, 4.69) is 9.97 Å². The van der Waals surface area contributed by atoms with E-state index >= 15 is 0 Å². The van der Waals surface area contributed by atoms with Crippen molar-refractivity contribution in [3.8, 4) is 0 Å². The summed E-state index contributed by atoms with van der Waals surface area (Å²) in [6, 6.07) is 3.75. The molecular formula is C11H15N5. The van der Waals surface area contributed by atoms with Crippen LogP contribution in [0.1, 0.15) is 5.82 Å². The van der Waals surface area contributed by atoms with Crippen LogP contribution in [-0.2, 0) is 13.6 Å². The van der Waals surface area contributed by atoms with Gasteiger partial charge < -0.3 is 15.2 Å². The van der Waals surface area contributed by atoms with Gasteiger partial charge in [0.15, 0.2) is 0 Å². The third kappa shape index (κ3) is 2.13. The summed E-state index contributed by atoms with van der Waals surface area (Å²) in [6.45, 7) is 0.723. The van der Waals surface area contributed by atoms with E-state index in [1.807, 2.05) is 41.9 Å². The molecule has 16 heavy (non-hydrogen) atoms. The zero-order valence-electron chi connectivity index (χ0n) is 9.46. The van der Waals surface area contributed by atoms with Crippen molar-refractivity contribution in [2.75, 3.05) is 17.7 Å². The molecular weight excluding hydrogens is 202 g/mol. The molecule has 2 aromatic heterocycles. The van der Waals surface area contributed by atoms with Crippen molar-refractivity contribution in [1.82, 2.24) is 14.5 Å². The first-order chi connectivity index (χ1) is 7.66. The molecule has 0 radical (unpaired) electrons. The zero-order valence-corrected chi connectivity index (χ0v) is 9.46. The Kier molecular flexibility index (Phi) is 2.76. The first kappa shape index (κ1) is 10.5. The van der Waals surface area contributed by atoms with Gasteiger partial charge in [-0.3, -0.25) is 0 Å². The van der Waals surface area contributed by atoms with Crippen LogP contribution >= 0.6 is 0 Å². The number of nitrogen functional groups attached to an aromatic ring is 1. The quantitative estimate of drug-likeness (QED) is 0.834. The summed E-state index contributed by atoms with van der Waals surface area (Å²) < 4.78 is 1.99. The molecule has 0 atom stereocenters. The Hall–Kier alpha value is -2.04. The molecule has 0 aliphatic heterocycles. The molecule has 2 N–H and O–H groups in total. The number of nitrogens with two attached hydrogens (primary N) is 1. The molecule has 0 saturated heterocycles. The number of hydrogen-bond acceptors (Lipinski definition) is 4. The van der Waals surface area contributed by atoms with Gasteiger partial charge in [-0.1, -0.05) is 0 Å². The minimum absolute atomic E-state index is 0.675. The maximum absolute atomic E-state index is 5.59. The Morgan fingerprint density at radius 3 is 2.75 bits per heavy atom. The van der Waals surface area contributed by atoms with Gasteiger partial charge >= 0.3 is 0 Å². The summed E-state index contributed by atoms with van der Waals surface area (Å²) in [7, 11) is 3.96. The molecule has 2 aromatic rings. The minimum Gasteiger partial charge on any atom is -0.397 e. The second kappa shape index (κ2) is 4.22. The predicted molar refractivity (Wildman–Crippen MR) is 64.0 cm³/mol. The fraction of sp³-hybridized carbons (Fsp3) is 0.273. The highest BCUT2D eigenvalue weighted by Gasteiger charge is 2.06. The summed E-state index contributed by atoms with van der Waals surface area (Å²) in [4.78, 5) is 10.5. The molecule has 0 aromatic carbocycles. The largest absolute Gasteiger partial charge is 0.397 e. The van der Waals surface area contributed by atoms with Gasteiger partial charge in [-0.2, -0.15) is 0 Å². The Morgan fingerprint density at radius 1 is 1.38 bits per heavy atom. The van der Waals surface area contributed by atoms with Crippen molar-refractivity contribution < 1.29 is 0 Å². The number of anilines is 2. The molecule has 0 spiro atoms. The summed E-state index contributed by atoms with van der Waals surface area (Å²) in [6.07, 6.45) is 5.38. The van der Waals surface area contributed by atoms with Crippen LogP contribution in [0, 0.1) is 0 Å². The lowest BCUT2D eigenvalue weighted by atomic mass is 10.4. The Morgan fingerprint density at radius 2 is 2.19 bits per heavy atom. The van der Waals surface area contributed by atoms with Crippen molar-refractivity contribution in [3.05, 3.63) is 36.5 Å². The lowest BCUT2D eigenvalue weighted by molar-refractivity contribution is 0.755. The monoisotopic (exact) mass is 217 g/mol. The van der Waals surface area contributed by atoms with Crippen molar-refractivity contribution in [2.24, 2.45) is 7.05 Å². The van der Waals surface area contributed by atoms with Gasteiger partial charge in [-0.05, 0) is 12.1 Å². The SMILES string of the molecule is CN(Cc1nccn1C)c1ccc(N)cn1. The maximum Gasteiger partial charge on any atom is 0.128 e. The molecule has 0 saturated carbocycles. The fourth-order valence-electron chi connectivity index (χ4n) is 1.47. The van der Waals surface area contributed by atoms with Gasteiger partial charge in [0, 0.05) is 26.5 Å². The number of imidazole rings is 1. The molecule has 0 aliphatic carbocycles. The average molecular weight is 217 g/mol. The van der Waals surface area contributed by atoms with Crippen molar-refractivity contribution in [2.45, 2.75) is 6.54 Å². The number of hydrogen-bond donors (Lipinski definition) is 1. The topological polar surface area (TPSA) is 60.0 Å². The predicted octanol–water partition coefficient (Wildman–Crippen LogP) is 1.03. The maximum atomic E-state index is 5.59. The summed E-state index contributed by atoms with van der Waals surface area (Å²) in [5.74, 6) is 1.89. The van der Waals surface area contributed by atoms with Crippen molar-refractivity contribution in [3.63, 3.8) is 0 Å². The smallest absolute Gasteiger partial charge is 0.128 e. The third-order valence-electron chi connectivity index (χ3n) is 2.46. The highest BCUT2D eigenvalue weighted by atomic mass is 15.2. The lowest BCUT2D eigenvalue weighted by Gasteiger charge is -2.17. The van der Waals surface area contributed by atoms with Crippen LogP contribution in [0.2, 0.25) is 0 Å². The average Bonchev–Trinajstić information content (AvgIpc) is 2.65. The van der Waals surface area contributed by atoms with Crippen LogP contribution in [0.25, 0.3) is 0 Å². The second-order valence-electron chi connectivity index (χ2n) is 3.76. The molecule has 0 amide bonds. The van der Waals surface area contributed by atoms with E-state index in [0.29, 0.717) is 5.69 Å². The highest BCUT2D eigenvalue weighted by Crippen LogP contribution is 2.12. The molecule has 84 valence electrons. The van der Waals surface area contributed by atoms with E-state index in [-0.39, 0.29) is 0 Å². The van der Waals surface area contributed by atoms with E-state index in [4.69, 9.17) is 5.73 Å². The summed E-state index contributed by atoms with van der Waals surface area (Å²) in [5, 5.41) is 0. The van der Waals surface area contributed by atoms with Crippen LogP contribution < -0.4 is 10.6 Å². The van der Waals surface area contributed by atoms with Gasteiger partial charge in [-0.15, -0.1) is 0 Å². The van der Waals surface area contributed by atoms with E-state index in [0.717, 1.165) is 18.2 Å². The van der Waals surface area contributed by atoms with Gasteiger partial charge in [0.2, 0.25) is 0 Å². The third-order valence-corrected chi connectivity index (χ3v) is 2.46. The first-order valence-electron chi connectivity index (χ1n) is 5.05. The van der Waals surface area contributed by atoms with E-state index in [9.17, 15) is 0 Å². The number of aromatic nitrogens is 3. The van der Waals surface area contributed by atoms with E-state index < -0.39 is 0 Å². The van der Waals surface area contributed by atoms with Gasteiger partial charge in [-0.25, -0.2) is 9.97 Å². The van der Waals surface area contributed by atoms with Crippen molar-refractivity contribution >= 4 is 11.5 Å². The minimum atomic E-state index is 0.675. The summed E-state index contributed by atoms with van der Waals surface area (Å²) >= 11 is 0. The number of rotatable bonds is 3. The molecule has 5 nitrogen and oxygen atoms in total. The van der Waals surface area contributed by atoms with Crippen LogP contribution in [0.15, 0.2) is 30.7 Å². The van der Waals surface area contributed by atoms with Gasteiger partial charge in [0.25, 0.3) is 0 Å². The van der Waals surface area contributed by atoms with Crippen molar-refractivity contribution in [1.29, 1.82) is 0 Å². The molecule has 5 heteroatoms. The zero-order chi connectivity index (χ0) is 11.5. The number of pyridine rings is 1. The normalized spacial score (nSPS) is 10.4. The lowest BCUT2D eigenvalue weighted by Crippen LogP contribution is -2.19. The second-order valence-corrected chi connectivity index (χ2v) is 3.76. The molecule has 2 heterocycles. The number of aryl methyl sites for hydroxylation is 1. The van der Waals surface area contributed by atoms with E-state index in [1.165, 1.54) is 0 Å². The number of nitrogens with zero attached hydrogens (tertiary/aromatic N) is 4. The fourth-order valence-corrected chi connectivity index (χ4v) is 1.47. The van der Waals surface area contributed by atoms with Crippen LogP contribution in [0.4, 0.5) is 11.5 Å². The molecule has 0 fully saturated rings. The van der Waals surface area contributed by atoms with Crippen LogP contribution in [0.3, 0.4) is 0 Å². The highest BCUT2D eigenvalue weighted by molar-refractivity contribution is 5.45. The Bertz CT molecular complexity index is 459. The van der Waals surface area contributed by atoms with Crippen LogP contribution in [-0.4, -0.2) is 21.6 Å². The molecule has 0 unspecified atom stereocenters. The summed E-state index contributed by atoms with van der Waals surface area (Å²) in [5.41, 5.74) is 6.26. The first-order valence-corrected chi connectivity index (χ1v) is 5.05. The Labute approximate surface area is 94.5 Å². The van der Waals surface area contributed by atoms with Gasteiger partial charge in [0.1, 0.15) is 11.6 Å². The van der Waals surface area contributed by atoms with Crippen LogP contribution in [0.5, 0.6) is 0 Å².